The highest BCUT2D eigenvalue weighted by Crippen LogP contribution is 2.31. The van der Waals surface area contributed by atoms with Crippen molar-refractivity contribution in [2.75, 3.05) is 17.2 Å². The minimum atomic E-state index is 0.0791. The van der Waals surface area contributed by atoms with E-state index in [2.05, 4.69) is 0 Å². The lowest BCUT2D eigenvalue weighted by molar-refractivity contribution is -0.118. The Morgan fingerprint density at radius 2 is 2.26 bits per heavy atom. The number of rotatable bonds is 3. The first-order valence-corrected chi connectivity index (χ1v) is 7.91. The molecule has 1 aromatic rings. The Kier molecular flexibility index (Phi) is 4.75. The van der Waals surface area contributed by atoms with Crippen molar-refractivity contribution in [2.45, 2.75) is 38.4 Å². The molecule has 0 aliphatic carbocycles. The molecule has 104 valence electrons. The number of hydrogen-bond acceptors (Lipinski definition) is 3. The van der Waals surface area contributed by atoms with Crippen LogP contribution in [0.3, 0.4) is 0 Å². The molecule has 0 radical (unpaired) electrons. The Bertz CT molecular complexity index is 455. The normalized spacial score (nSPS) is 19.2. The Morgan fingerprint density at radius 1 is 1.47 bits per heavy atom. The smallest absolute Gasteiger partial charge is 0.240 e. The molecule has 1 heterocycles. The van der Waals surface area contributed by atoms with Gasteiger partial charge in [0.2, 0.25) is 5.91 Å². The van der Waals surface area contributed by atoms with Crippen molar-refractivity contribution in [3.63, 3.8) is 0 Å². The second-order valence-electron chi connectivity index (χ2n) is 4.91. The van der Waals surface area contributed by atoms with Crippen LogP contribution >= 0.6 is 11.8 Å². The largest absolute Gasteiger partial charge is 0.508 e. The third-order valence-electron chi connectivity index (χ3n) is 3.52. The van der Waals surface area contributed by atoms with Crippen LogP contribution in [0.2, 0.25) is 0 Å². The number of anilines is 1. The Morgan fingerprint density at radius 3 is 2.89 bits per heavy atom. The minimum Gasteiger partial charge on any atom is -0.508 e. The molecule has 0 saturated carbocycles. The Labute approximate surface area is 119 Å². The van der Waals surface area contributed by atoms with Gasteiger partial charge in [-0.15, -0.1) is 11.8 Å². The number of thioether (sulfide) groups is 1. The van der Waals surface area contributed by atoms with Crippen molar-refractivity contribution in [1.82, 2.24) is 0 Å². The van der Waals surface area contributed by atoms with Gasteiger partial charge in [-0.2, -0.15) is 0 Å². The monoisotopic (exact) mass is 279 g/mol. The number of carbonyl (C=O) groups excluding carboxylic acids is 1. The summed E-state index contributed by atoms with van der Waals surface area (Å²) in [5.41, 5.74) is 1.85. The molecule has 0 aromatic heterocycles. The predicted molar refractivity (Wildman–Crippen MR) is 81.0 cm³/mol. The molecule has 1 amide bonds. The lowest BCUT2D eigenvalue weighted by Crippen LogP contribution is -2.39. The maximum Gasteiger partial charge on any atom is 0.240 e. The van der Waals surface area contributed by atoms with Crippen LogP contribution in [0.5, 0.6) is 5.75 Å². The van der Waals surface area contributed by atoms with E-state index >= 15 is 0 Å². The number of aromatic hydroxyl groups is 1. The molecule has 1 unspecified atom stereocenters. The third-order valence-corrected chi connectivity index (χ3v) is 4.88. The van der Waals surface area contributed by atoms with Crippen molar-refractivity contribution in [3.05, 3.63) is 23.8 Å². The van der Waals surface area contributed by atoms with Crippen LogP contribution in [-0.2, 0) is 4.79 Å². The lowest BCUT2D eigenvalue weighted by atomic mass is 10.1. The molecule has 1 N–H and O–H groups in total. The van der Waals surface area contributed by atoms with Gasteiger partial charge >= 0.3 is 0 Å². The van der Waals surface area contributed by atoms with E-state index in [-0.39, 0.29) is 16.9 Å². The van der Waals surface area contributed by atoms with Crippen molar-refractivity contribution in [2.24, 2.45) is 0 Å². The number of amides is 1. The highest BCUT2D eigenvalue weighted by Gasteiger charge is 2.27. The Balaban J connectivity index is 2.23. The third kappa shape index (κ3) is 3.24. The van der Waals surface area contributed by atoms with E-state index in [1.807, 2.05) is 19.9 Å². The van der Waals surface area contributed by atoms with Crippen LogP contribution in [0.25, 0.3) is 0 Å². The van der Waals surface area contributed by atoms with Gasteiger partial charge in [-0.05, 0) is 44.1 Å². The summed E-state index contributed by atoms with van der Waals surface area (Å²) in [5.74, 6) is 1.47. The topological polar surface area (TPSA) is 40.5 Å². The van der Waals surface area contributed by atoms with E-state index in [0.29, 0.717) is 6.54 Å². The summed E-state index contributed by atoms with van der Waals surface area (Å²) >= 11 is 1.77. The van der Waals surface area contributed by atoms with Crippen LogP contribution in [-0.4, -0.2) is 28.6 Å². The Hall–Kier alpha value is -1.16. The summed E-state index contributed by atoms with van der Waals surface area (Å²) in [4.78, 5) is 14.4. The molecule has 1 atom stereocenters. The van der Waals surface area contributed by atoms with Crippen molar-refractivity contribution in [3.8, 4) is 5.75 Å². The molecule has 19 heavy (non-hydrogen) atoms. The number of aryl methyl sites for hydroxylation is 1. The second-order valence-corrected chi connectivity index (χ2v) is 6.22. The molecule has 1 aliphatic rings. The number of hydrogen-bond donors (Lipinski definition) is 1. The maximum atomic E-state index is 12.6. The SMILES string of the molecule is CCN(C(=O)C1CCCCS1)c1cc(O)ccc1C. The molecule has 0 bridgehead atoms. The van der Waals surface area contributed by atoms with Gasteiger partial charge in [-0.3, -0.25) is 4.79 Å². The molecule has 0 spiro atoms. The number of carbonyl (C=O) groups is 1. The molecule has 1 aliphatic heterocycles. The fourth-order valence-corrected chi connectivity index (χ4v) is 3.70. The standard InChI is InChI=1S/C15H21NO2S/c1-3-16(13-10-12(17)8-7-11(13)2)15(18)14-6-4-5-9-19-14/h7-8,10,14,17H,3-6,9H2,1-2H3. The second kappa shape index (κ2) is 6.33. The molecular weight excluding hydrogens is 258 g/mol. The summed E-state index contributed by atoms with van der Waals surface area (Å²) in [6.45, 7) is 4.59. The van der Waals surface area contributed by atoms with Crippen molar-refractivity contribution >= 4 is 23.4 Å². The molecule has 1 saturated heterocycles. The number of phenols is 1. The van der Waals surface area contributed by atoms with Gasteiger partial charge in [0.05, 0.1) is 10.9 Å². The highest BCUT2D eigenvalue weighted by molar-refractivity contribution is 8.00. The van der Waals surface area contributed by atoms with E-state index in [1.165, 1.54) is 6.42 Å². The summed E-state index contributed by atoms with van der Waals surface area (Å²) in [7, 11) is 0. The van der Waals surface area contributed by atoms with Gasteiger partial charge in [-0.25, -0.2) is 0 Å². The number of nitrogens with zero attached hydrogens (tertiary/aromatic N) is 1. The van der Waals surface area contributed by atoms with Gasteiger partial charge < -0.3 is 10.0 Å². The zero-order chi connectivity index (χ0) is 13.8. The maximum absolute atomic E-state index is 12.6. The van der Waals surface area contributed by atoms with E-state index in [1.54, 1.807) is 28.8 Å². The van der Waals surface area contributed by atoms with Gasteiger partial charge in [0, 0.05) is 12.6 Å². The first-order chi connectivity index (χ1) is 9.13. The first kappa shape index (κ1) is 14.3. The van der Waals surface area contributed by atoms with Crippen LogP contribution in [0.1, 0.15) is 31.7 Å². The number of phenolic OH excluding ortho intramolecular Hbond substituents is 1. The van der Waals surface area contributed by atoms with E-state index in [0.717, 1.165) is 29.8 Å². The van der Waals surface area contributed by atoms with E-state index in [9.17, 15) is 9.90 Å². The summed E-state index contributed by atoms with van der Waals surface area (Å²) in [5, 5.41) is 9.71. The highest BCUT2D eigenvalue weighted by atomic mass is 32.2. The van der Waals surface area contributed by atoms with Gasteiger partial charge in [0.25, 0.3) is 0 Å². The molecular formula is C15H21NO2S. The van der Waals surface area contributed by atoms with Crippen molar-refractivity contribution in [1.29, 1.82) is 0 Å². The van der Waals surface area contributed by atoms with Crippen LogP contribution in [0.15, 0.2) is 18.2 Å². The van der Waals surface area contributed by atoms with Gasteiger partial charge in [0.15, 0.2) is 0 Å². The average Bonchev–Trinajstić information content (AvgIpc) is 2.44. The van der Waals surface area contributed by atoms with Gasteiger partial charge in [0.1, 0.15) is 5.75 Å². The van der Waals surface area contributed by atoms with Crippen LogP contribution < -0.4 is 4.90 Å². The predicted octanol–water partition coefficient (Wildman–Crippen LogP) is 3.34. The molecule has 4 heteroatoms. The fraction of sp³-hybridized carbons (Fsp3) is 0.533. The van der Waals surface area contributed by atoms with Gasteiger partial charge in [-0.1, -0.05) is 12.5 Å². The molecule has 2 rings (SSSR count). The zero-order valence-electron chi connectivity index (χ0n) is 11.6. The zero-order valence-corrected chi connectivity index (χ0v) is 12.4. The minimum absolute atomic E-state index is 0.0791. The quantitative estimate of drug-likeness (QED) is 0.922. The average molecular weight is 279 g/mol. The van der Waals surface area contributed by atoms with Crippen LogP contribution in [0.4, 0.5) is 5.69 Å². The van der Waals surface area contributed by atoms with E-state index in [4.69, 9.17) is 0 Å². The summed E-state index contributed by atoms with van der Waals surface area (Å²) < 4.78 is 0. The molecule has 1 aromatic carbocycles. The molecule has 3 nitrogen and oxygen atoms in total. The molecule has 1 fully saturated rings. The summed E-state index contributed by atoms with van der Waals surface area (Å²) in [6, 6.07) is 5.20. The lowest BCUT2D eigenvalue weighted by Gasteiger charge is -2.29. The van der Waals surface area contributed by atoms with Crippen molar-refractivity contribution < 1.29 is 9.90 Å². The van der Waals surface area contributed by atoms with Crippen LogP contribution in [0, 0.1) is 6.92 Å². The summed E-state index contributed by atoms with van der Waals surface area (Å²) in [6.07, 6.45) is 3.32. The fourth-order valence-electron chi connectivity index (χ4n) is 2.44. The first-order valence-electron chi connectivity index (χ1n) is 6.86. The van der Waals surface area contributed by atoms with E-state index < -0.39 is 0 Å². The number of benzene rings is 1.